The Labute approximate surface area is 151 Å². The van der Waals surface area contributed by atoms with Crippen LogP contribution in [0.1, 0.15) is 52.5 Å². The molecule has 1 aliphatic rings. The Hall–Kier alpha value is -1.94. The molecule has 1 aromatic carbocycles. The Morgan fingerprint density at radius 2 is 1.96 bits per heavy atom. The van der Waals surface area contributed by atoms with Crippen LogP contribution in [0.5, 0.6) is 0 Å². The molecule has 25 heavy (non-hydrogen) atoms. The van der Waals surface area contributed by atoms with Gasteiger partial charge < -0.3 is 0 Å². The first-order valence-corrected chi connectivity index (χ1v) is 9.07. The molecule has 1 fully saturated rings. The molecular formula is C21H30N2O2. The van der Waals surface area contributed by atoms with E-state index >= 15 is 0 Å². The molecule has 2 amide bonds. The molecule has 0 bridgehead atoms. The quantitative estimate of drug-likeness (QED) is 0.728. The van der Waals surface area contributed by atoms with Crippen LogP contribution in [0, 0.1) is 11.3 Å². The van der Waals surface area contributed by atoms with Gasteiger partial charge >= 0.3 is 0 Å². The summed E-state index contributed by atoms with van der Waals surface area (Å²) in [5.41, 5.74) is 1.00. The summed E-state index contributed by atoms with van der Waals surface area (Å²) < 4.78 is 0. The van der Waals surface area contributed by atoms with E-state index in [0.717, 1.165) is 5.56 Å². The largest absolute Gasteiger partial charge is 0.273 e. The lowest BCUT2D eigenvalue weighted by molar-refractivity contribution is -0.163. The maximum Gasteiger partial charge on any atom is 0.247 e. The van der Waals surface area contributed by atoms with Crippen molar-refractivity contribution in [2.24, 2.45) is 11.3 Å². The summed E-state index contributed by atoms with van der Waals surface area (Å²) in [6.45, 7) is 12.7. The van der Waals surface area contributed by atoms with Crippen LogP contribution in [0.25, 0.3) is 0 Å². The van der Waals surface area contributed by atoms with Gasteiger partial charge in [0.25, 0.3) is 0 Å². The fraction of sp³-hybridized carbons (Fsp3) is 0.524. The second-order valence-electron chi connectivity index (χ2n) is 7.84. The minimum Gasteiger partial charge on any atom is -0.273 e. The Bertz CT molecular complexity index is 619. The van der Waals surface area contributed by atoms with Crippen molar-refractivity contribution in [1.29, 1.82) is 0 Å². The highest BCUT2D eigenvalue weighted by molar-refractivity contribution is 5.97. The van der Waals surface area contributed by atoms with E-state index in [9.17, 15) is 9.59 Å². The minimum absolute atomic E-state index is 0.00499. The third kappa shape index (κ3) is 4.37. The normalized spacial score (nSPS) is 19.9. The lowest BCUT2D eigenvalue weighted by Crippen LogP contribution is -2.50. The van der Waals surface area contributed by atoms with E-state index in [2.05, 4.69) is 27.4 Å². The smallest absolute Gasteiger partial charge is 0.247 e. The van der Waals surface area contributed by atoms with Gasteiger partial charge in [0, 0.05) is 24.9 Å². The van der Waals surface area contributed by atoms with Gasteiger partial charge in [-0.2, -0.15) is 0 Å². The third-order valence-corrected chi connectivity index (χ3v) is 4.91. The summed E-state index contributed by atoms with van der Waals surface area (Å²) >= 11 is 0. The number of hydrazine groups is 1. The zero-order valence-corrected chi connectivity index (χ0v) is 15.9. The highest BCUT2D eigenvalue weighted by atomic mass is 16.2. The third-order valence-electron chi connectivity index (χ3n) is 4.91. The minimum atomic E-state index is -0.196. The van der Waals surface area contributed by atoms with Gasteiger partial charge in [0.2, 0.25) is 11.8 Å². The van der Waals surface area contributed by atoms with E-state index in [0.29, 0.717) is 25.8 Å². The van der Waals surface area contributed by atoms with Gasteiger partial charge in [0.1, 0.15) is 0 Å². The van der Waals surface area contributed by atoms with Crippen LogP contribution in [0.2, 0.25) is 0 Å². The number of carbonyl (C=O) groups excluding carboxylic acids is 2. The standard InChI is InChI=1S/C21H30N2O2/c1-6-11-17(7-2)20(25)23-19(24)14-18(21(3,4)5)22(23)15-16-12-9-8-10-13-16/h6,8-10,12-13,17-18H,1,7,11,14-15H2,2-5H3. The molecule has 1 heterocycles. The maximum absolute atomic E-state index is 13.1. The number of hydrogen-bond acceptors (Lipinski definition) is 3. The van der Waals surface area contributed by atoms with Crippen LogP contribution in [-0.2, 0) is 16.1 Å². The highest BCUT2D eigenvalue weighted by Gasteiger charge is 2.47. The maximum atomic E-state index is 13.1. The molecule has 1 aliphatic heterocycles. The number of amides is 2. The van der Waals surface area contributed by atoms with Crippen LogP contribution >= 0.6 is 0 Å². The van der Waals surface area contributed by atoms with Gasteiger partial charge in [0.05, 0.1) is 0 Å². The average Bonchev–Trinajstić information content (AvgIpc) is 2.89. The number of nitrogens with zero attached hydrogens (tertiary/aromatic N) is 2. The van der Waals surface area contributed by atoms with E-state index < -0.39 is 0 Å². The molecule has 1 saturated heterocycles. The summed E-state index contributed by atoms with van der Waals surface area (Å²) in [5, 5.41) is 3.40. The molecule has 4 heteroatoms. The molecule has 0 aromatic heterocycles. The van der Waals surface area contributed by atoms with E-state index in [-0.39, 0.29) is 29.2 Å². The molecule has 0 N–H and O–H groups in total. The van der Waals surface area contributed by atoms with Crippen molar-refractivity contribution >= 4 is 11.8 Å². The number of rotatable bonds is 6. The lowest BCUT2D eigenvalue weighted by atomic mass is 9.85. The topological polar surface area (TPSA) is 40.6 Å². The predicted octanol–water partition coefficient (Wildman–Crippen LogP) is 4.18. The summed E-state index contributed by atoms with van der Waals surface area (Å²) in [6, 6.07) is 10.0. The van der Waals surface area contributed by atoms with Crippen molar-refractivity contribution in [3.8, 4) is 0 Å². The van der Waals surface area contributed by atoms with Crippen LogP contribution in [0.3, 0.4) is 0 Å². The van der Waals surface area contributed by atoms with E-state index in [4.69, 9.17) is 0 Å². The average molecular weight is 342 g/mol. The van der Waals surface area contributed by atoms with E-state index in [1.165, 1.54) is 5.01 Å². The van der Waals surface area contributed by atoms with Crippen molar-refractivity contribution < 1.29 is 9.59 Å². The predicted molar refractivity (Wildman–Crippen MR) is 100 cm³/mol. The molecule has 0 aliphatic carbocycles. The number of carbonyl (C=O) groups is 2. The van der Waals surface area contributed by atoms with E-state index in [1.54, 1.807) is 6.08 Å². The van der Waals surface area contributed by atoms with Crippen molar-refractivity contribution in [2.75, 3.05) is 0 Å². The van der Waals surface area contributed by atoms with Crippen LogP contribution < -0.4 is 0 Å². The van der Waals surface area contributed by atoms with E-state index in [1.807, 2.05) is 42.3 Å². The number of hydrogen-bond donors (Lipinski definition) is 0. The summed E-state index contributed by atoms with van der Waals surface area (Å²) in [4.78, 5) is 25.8. The van der Waals surface area contributed by atoms with Gasteiger partial charge in [-0.3, -0.25) is 9.59 Å². The molecule has 2 atom stereocenters. The lowest BCUT2D eigenvalue weighted by Gasteiger charge is -2.38. The monoisotopic (exact) mass is 342 g/mol. The van der Waals surface area contributed by atoms with Crippen molar-refractivity contribution in [3.63, 3.8) is 0 Å². The summed E-state index contributed by atoms with van der Waals surface area (Å²) in [7, 11) is 0. The summed E-state index contributed by atoms with van der Waals surface area (Å²) in [5.74, 6) is -0.392. The highest BCUT2D eigenvalue weighted by Crippen LogP contribution is 2.36. The molecule has 4 nitrogen and oxygen atoms in total. The fourth-order valence-corrected chi connectivity index (χ4v) is 3.41. The zero-order chi connectivity index (χ0) is 18.6. The SMILES string of the molecule is C=CCC(CC)C(=O)N1C(=O)CC(C(C)(C)C)N1Cc1ccccc1. The molecule has 136 valence electrons. The first kappa shape index (κ1) is 19.4. The van der Waals surface area contributed by atoms with Crippen molar-refractivity contribution in [1.82, 2.24) is 10.0 Å². The van der Waals surface area contributed by atoms with Crippen LogP contribution in [-0.4, -0.2) is 27.9 Å². The van der Waals surface area contributed by atoms with Gasteiger partial charge in [-0.1, -0.05) is 64.1 Å². The van der Waals surface area contributed by atoms with Gasteiger partial charge in [-0.25, -0.2) is 10.0 Å². The molecule has 2 rings (SSSR count). The zero-order valence-electron chi connectivity index (χ0n) is 15.9. The molecule has 0 radical (unpaired) electrons. The second-order valence-corrected chi connectivity index (χ2v) is 7.84. The Morgan fingerprint density at radius 1 is 1.32 bits per heavy atom. The fourth-order valence-electron chi connectivity index (χ4n) is 3.41. The van der Waals surface area contributed by atoms with Gasteiger partial charge in [-0.15, -0.1) is 6.58 Å². The Balaban J connectivity index is 2.35. The first-order chi connectivity index (χ1) is 11.8. The van der Waals surface area contributed by atoms with Crippen LogP contribution in [0.15, 0.2) is 43.0 Å². The van der Waals surface area contributed by atoms with Crippen molar-refractivity contribution in [3.05, 3.63) is 48.6 Å². The van der Waals surface area contributed by atoms with Gasteiger partial charge in [-0.05, 0) is 23.8 Å². The second kappa shape index (κ2) is 7.96. The number of allylic oxidation sites excluding steroid dienone is 1. The van der Waals surface area contributed by atoms with Crippen LogP contribution in [0.4, 0.5) is 0 Å². The summed E-state index contributed by atoms with van der Waals surface area (Å²) in [6.07, 6.45) is 3.44. The molecule has 0 spiro atoms. The number of benzene rings is 1. The first-order valence-electron chi connectivity index (χ1n) is 9.07. The molecule has 0 saturated carbocycles. The van der Waals surface area contributed by atoms with Gasteiger partial charge in [0.15, 0.2) is 0 Å². The molecule has 1 aromatic rings. The molecule has 2 unspecified atom stereocenters. The molecular weight excluding hydrogens is 312 g/mol. The number of imide groups is 1. The van der Waals surface area contributed by atoms with Crippen molar-refractivity contribution in [2.45, 2.75) is 59.5 Å². The Kier molecular flexibility index (Phi) is 6.17. The Morgan fingerprint density at radius 3 is 2.48 bits per heavy atom.